The molecule has 0 bridgehead atoms. The summed E-state index contributed by atoms with van der Waals surface area (Å²) < 4.78 is 0. The molecule has 64 valence electrons. The minimum absolute atomic E-state index is 0.234. The Kier molecular flexibility index (Phi) is 2.49. The first-order chi connectivity index (χ1) is 5.15. The van der Waals surface area contributed by atoms with E-state index in [1.54, 1.807) is 0 Å². The van der Waals surface area contributed by atoms with E-state index in [2.05, 4.69) is 11.8 Å². The third kappa shape index (κ3) is 1.71. The lowest BCUT2D eigenvalue weighted by atomic mass is 10.1. The van der Waals surface area contributed by atoms with Crippen molar-refractivity contribution in [1.29, 1.82) is 0 Å². The van der Waals surface area contributed by atoms with Gasteiger partial charge in [0.25, 0.3) is 0 Å². The molecule has 1 fully saturated rings. The minimum atomic E-state index is 0.234. The predicted octanol–water partition coefficient (Wildman–Crippen LogP) is 0.169. The van der Waals surface area contributed by atoms with Crippen molar-refractivity contribution in [3.05, 3.63) is 0 Å². The fourth-order valence-electron chi connectivity index (χ4n) is 1.46. The topological polar surface area (TPSA) is 23.6 Å². The summed E-state index contributed by atoms with van der Waals surface area (Å²) in [4.78, 5) is 15.1. The zero-order valence-electron chi connectivity index (χ0n) is 7.50. The van der Waals surface area contributed by atoms with Crippen LogP contribution in [-0.4, -0.2) is 48.9 Å². The quantitative estimate of drug-likeness (QED) is 0.540. The van der Waals surface area contributed by atoms with Crippen LogP contribution >= 0.6 is 0 Å². The van der Waals surface area contributed by atoms with Gasteiger partial charge in [0.2, 0.25) is 5.91 Å². The minimum Gasteiger partial charge on any atom is -0.343 e. The smallest absolute Gasteiger partial charge is 0.236 e. The molecule has 0 radical (unpaired) electrons. The normalized spacial score (nSPS) is 27.7. The largest absolute Gasteiger partial charge is 0.343 e. The summed E-state index contributed by atoms with van der Waals surface area (Å²) in [5.41, 5.74) is 0. The van der Waals surface area contributed by atoms with Crippen LogP contribution in [0.15, 0.2) is 0 Å². The number of carbonyl (C=O) groups is 1. The van der Waals surface area contributed by atoms with Gasteiger partial charge in [-0.1, -0.05) is 6.92 Å². The summed E-state index contributed by atoms with van der Waals surface area (Å²) in [5, 5.41) is 0. The number of piperazine rings is 1. The Morgan fingerprint density at radius 3 is 2.73 bits per heavy atom. The molecule has 0 aliphatic carbocycles. The molecule has 1 aliphatic rings. The average Bonchev–Trinajstić information content (AvgIpc) is 1.97. The summed E-state index contributed by atoms with van der Waals surface area (Å²) in [6, 6.07) is 0.553. The molecular weight excluding hydrogens is 140 g/mol. The number of carbonyl (C=O) groups excluding carboxylic acids is 1. The maximum Gasteiger partial charge on any atom is 0.236 e. The second-order valence-corrected chi connectivity index (χ2v) is 3.25. The highest BCUT2D eigenvalue weighted by atomic mass is 16.2. The number of rotatable bonds is 1. The highest BCUT2D eigenvalue weighted by molar-refractivity contribution is 5.78. The van der Waals surface area contributed by atoms with E-state index in [9.17, 15) is 4.79 Å². The molecule has 3 nitrogen and oxygen atoms in total. The van der Waals surface area contributed by atoms with Crippen LogP contribution in [0.3, 0.4) is 0 Å². The first-order valence-corrected chi connectivity index (χ1v) is 4.09. The van der Waals surface area contributed by atoms with E-state index in [1.165, 1.54) is 0 Å². The Labute approximate surface area is 68.0 Å². The van der Waals surface area contributed by atoms with Gasteiger partial charge in [-0.15, -0.1) is 0 Å². The molecule has 1 atom stereocenters. The lowest BCUT2D eigenvalue weighted by Gasteiger charge is -2.36. The van der Waals surface area contributed by atoms with Gasteiger partial charge in [0, 0.05) is 19.6 Å². The maximum atomic E-state index is 11.2. The average molecular weight is 156 g/mol. The fraction of sp³-hybridized carbons (Fsp3) is 0.875. The molecule has 1 saturated heterocycles. The van der Waals surface area contributed by atoms with Crippen LogP contribution in [0.25, 0.3) is 0 Å². The summed E-state index contributed by atoms with van der Waals surface area (Å²) in [6.07, 6.45) is 1.12. The molecular formula is C8H16N2O. The Balaban J connectivity index is 2.54. The maximum absolute atomic E-state index is 11.2. The van der Waals surface area contributed by atoms with Gasteiger partial charge in [-0.05, 0) is 13.5 Å². The number of hydrogen-bond acceptors (Lipinski definition) is 2. The van der Waals surface area contributed by atoms with E-state index in [4.69, 9.17) is 0 Å². The lowest BCUT2D eigenvalue weighted by Crippen LogP contribution is -2.52. The van der Waals surface area contributed by atoms with Crippen LogP contribution in [-0.2, 0) is 4.79 Å². The summed E-state index contributed by atoms with van der Waals surface area (Å²) in [5.74, 6) is 0.234. The van der Waals surface area contributed by atoms with Crippen molar-refractivity contribution < 1.29 is 4.79 Å². The fourth-order valence-corrected chi connectivity index (χ4v) is 1.46. The Morgan fingerprint density at radius 2 is 2.18 bits per heavy atom. The SMILES string of the molecule is CCC1CN(C)C(=O)CN1C. The zero-order chi connectivity index (χ0) is 8.43. The molecule has 1 heterocycles. The molecule has 0 aromatic heterocycles. The van der Waals surface area contributed by atoms with Crippen LogP contribution in [0.4, 0.5) is 0 Å². The van der Waals surface area contributed by atoms with E-state index in [-0.39, 0.29) is 5.91 Å². The second-order valence-electron chi connectivity index (χ2n) is 3.25. The van der Waals surface area contributed by atoms with Gasteiger partial charge in [-0.3, -0.25) is 9.69 Å². The van der Waals surface area contributed by atoms with Gasteiger partial charge in [-0.25, -0.2) is 0 Å². The number of nitrogens with zero attached hydrogens (tertiary/aromatic N) is 2. The van der Waals surface area contributed by atoms with Crippen molar-refractivity contribution in [1.82, 2.24) is 9.80 Å². The molecule has 1 rings (SSSR count). The first-order valence-electron chi connectivity index (χ1n) is 4.09. The van der Waals surface area contributed by atoms with Gasteiger partial charge in [0.05, 0.1) is 6.54 Å². The molecule has 11 heavy (non-hydrogen) atoms. The van der Waals surface area contributed by atoms with E-state index in [0.29, 0.717) is 12.6 Å². The molecule has 0 aromatic rings. The molecule has 0 spiro atoms. The zero-order valence-corrected chi connectivity index (χ0v) is 7.50. The Hall–Kier alpha value is -0.570. The van der Waals surface area contributed by atoms with Crippen molar-refractivity contribution in [2.75, 3.05) is 27.2 Å². The molecule has 0 N–H and O–H groups in total. The van der Waals surface area contributed by atoms with Gasteiger partial charge < -0.3 is 4.90 Å². The van der Waals surface area contributed by atoms with Crippen molar-refractivity contribution in [3.63, 3.8) is 0 Å². The number of hydrogen-bond donors (Lipinski definition) is 0. The third-order valence-corrected chi connectivity index (χ3v) is 2.39. The number of amides is 1. The van der Waals surface area contributed by atoms with Crippen LogP contribution in [0.2, 0.25) is 0 Å². The summed E-state index contributed by atoms with van der Waals surface area (Å²) in [6.45, 7) is 3.62. The van der Waals surface area contributed by atoms with Crippen LogP contribution in [0, 0.1) is 0 Å². The van der Waals surface area contributed by atoms with Crippen molar-refractivity contribution in [3.8, 4) is 0 Å². The van der Waals surface area contributed by atoms with E-state index in [0.717, 1.165) is 13.0 Å². The van der Waals surface area contributed by atoms with Gasteiger partial charge in [0.1, 0.15) is 0 Å². The van der Waals surface area contributed by atoms with E-state index < -0.39 is 0 Å². The standard InChI is InChI=1S/C8H16N2O/c1-4-7-5-10(3)8(11)6-9(7)2/h7H,4-6H2,1-3H3. The predicted molar refractivity (Wildman–Crippen MR) is 44.3 cm³/mol. The lowest BCUT2D eigenvalue weighted by molar-refractivity contribution is -0.135. The van der Waals surface area contributed by atoms with Crippen LogP contribution < -0.4 is 0 Å². The molecule has 0 saturated carbocycles. The molecule has 1 unspecified atom stereocenters. The highest BCUT2D eigenvalue weighted by Gasteiger charge is 2.25. The van der Waals surface area contributed by atoms with E-state index >= 15 is 0 Å². The van der Waals surface area contributed by atoms with E-state index in [1.807, 2.05) is 19.0 Å². The molecule has 1 aliphatic heterocycles. The summed E-state index contributed by atoms with van der Waals surface area (Å²) in [7, 11) is 3.89. The molecule has 1 amide bonds. The summed E-state index contributed by atoms with van der Waals surface area (Å²) >= 11 is 0. The van der Waals surface area contributed by atoms with Gasteiger partial charge in [0.15, 0.2) is 0 Å². The third-order valence-electron chi connectivity index (χ3n) is 2.39. The van der Waals surface area contributed by atoms with Crippen molar-refractivity contribution >= 4 is 5.91 Å². The second kappa shape index (κ2) is 3.22. The van der Waals surface area contributed by atoms with Crippen LogP contribution in [0.5, 0.6) is 0 Å². The number of likely N-dealkylation sites (N-methyl/N-ethyl adjacent to an activating group) is 2. The Morgan fingerprint density at radius 1 is 1.55 bits per heavy atom. The highest BCUT2D eigenvalue weighted by Crippen LogP contribution is 2.09. The van der Waals surface area contributed by atoms with Crippen molar-refractivity contribution in [2.24, 2.45) is 0 Å². The van der Waals surface area contributed by atoms with Crippen molar-refractivity contribution in [2.45, 2.75) is 19.4 Å². The molecule has 0 aromatic carbocycles. The Bertz CT molecular complexity index is 158. The van der Waals surface area contributed by atoms with Crippen LogP contribution in [0.1, 0.15) is 13.3 Å². The van der Waals surface area contributed by atoms with Gasteiger partial charge >= 0.3 is 0 Å². The molecule has 3 heteroatoms. The monoisotopic (exact) mass is 156 g/mol. The first kappa shape index (κ1) is 8.53. The van der Waals surface area contributed by atoms with Gasteiger partial charge in [-0.2, -0.15) is 0 Å².